The van der Waals surface area contributed by atoms with E-state index in [1.807, 2.05) is 41.4 Å². The van der Waals surface area contributed by atoms with Crippen molar-refractivity contribution < 1.29 is 9.59 Å². The van der Waals surface area contributed by atoms with Gasteiger partial charge in [-0.3, -0.25) is 9.59 Å². The van der Waals surface area contributed by atoms with Gasteiger partial charge in [-0.15, -0.1) is 0 Å². The van der Waals surface area contributed by atoms with Crippen LogP contribution >= 0.6 is 0 Å². The van der Waals surface area contributed by atoms with Crippen LogP contribution in [0.5, 0.6) is 0 Å². The highest BCUT2D eigenvalue weighted by Gasteiger charge is 2.46. The highest BCUT2D eigenvalue weighted by atomic mass is 16.2. The smallest absolute Gasteiger partial charge is 0.267 e. The fourth-order valence-electron chi connectivity index (χ4n) is 4.65. The summed E-state index contributed by atoms with van der Waals surface area (Å²) >= 11 is 0. The predicted molar refractivity (Wildman–Crippen MR) is 111 cm³/mol. The van der Waals surface area contributed by atoms with E-state index in [4.69, 9.17) is 0 Å². The number of imide groups is 1. The summed E-state index contributed by atoms with van der Waals surface area (Å²) < 4.78 is 0. The first kappa shape index (κ1) is 17.8. The van der Waals surface area contributed by atoms with Crippen molar-refractivity contribution in [2.24, 2.45) is 0 Å². The number of amides is 2. The molecule has 0 saturated carbocycles. The zero-order chi connectivity index (χ0) is 20.0. The van der Waals surface area contributed by atoms with Crippen LogP contribution in [0.3, 0.4) is 0 Å². The number of hydrazine groups is 1. The van der Waals surface area contributed by atoms with Gasteiger partial charge >= 0.3 is 0 Å². The van der Waals surface area contributed by atoms with Crippen LogP contribution in [-0.2, 0) is 6.42 Å². The fourth-order valence-corrected chi connectivity index (χ4v) is 4.65. The molecule has 0 spiro atoms. The molecule has 0 fully saturated rings. The molecule has 0 N–H and O–H groups in total. The molecule has 4 heteroatoms. The van der Waals surface area contributed by atoms with Crippen LogP contribution in [0.2, 0.25) is 0 Å². The predicted octanol–water partition coefficient (Wildman–Crippen LogP) is 4.62. The van der Waals surface area contributed by atoms with Crippen molar-refractivity contribution in [2.45, 2.75) is 31.8 Å². The van der Waals surface area contributed by atoms with Crippen LogP contribution in [0.15, 0.2) is 78.9 Å². The first-order chi connectivity index (χ1) is 14.2. The molecule has 2 atom stereocenters. The molecule has 29 heavy (non-hydrogen) atoms. The quantitative estimate of drug-likeness (QED) is 0.621. The number of carbonyl (C=O) groups is 2. The van der Waals surface area contributed by atoms with Crippen LogP contribution in [0.1, 0.15) is 56.8 Å². The lowest BCUT2D eigenvalue weighted by molar-refractivity contribution is -0.0457. The molecule has 2 amide bonds. The van der Waals surface area contributed by atoms with E-state index in [9.17, 15) is 9.59 Å². The number of hydrogen-bond acceptors (Lipinski definition) is 3. The Morgan fingerprint density at radius 1 is 0.793 bits per heavy atom. The third-order valence-electron chi connectivity index (χ3n) is 6.03. The van der Waals surface area contributed by atoms with Crippen LogP contribution in [-0.4, -0.2) is 27.9 Å². The molecule has 0 aliphatic carbocycles. The number of rotatable bonds is 3. The molecule has 2 aliphatic rings. The van der Waals surface area contributed by atoms with Crippen LogP contribution in [0.25, 0.3) is 0 Å². The van der Waals surface area contributed by atoms with E-state index >= 15 is 0 Å². The first-order valence-corrected chi connectivity index (χ1v) is 10.1. The minimum atomic E-state index is -0.232. The second-order valence-electron chi connectivity index (χ2n) is 7.63. The average molecular weight is 382 g/mol. The summed E-state index contributed by atoms with van der Waals surface area (Å²) in [5.41, 5.74) is 4.48. The lowest BCUT2D eigenvalue weighted by Crippen LogP contribution is -2.56. The Morgan fingerprint density at radius 3 is 2.03 bits per heavy atom. The standard InChI is InChI=1S/C25H22N2O2/c1-2-19-16-18-12-6-7-13-20(18)23(17-10-4-3-5-11-17)26(19)27-24(28)21-14-8-9-15-22(21)25(27)29/h3-15,19,23H,2,16H2,1H3. The first-order valence-electron chi connectivity index (χ1n) is 10.1. The lowest BCUT2D eigenvalue weighted by Gasteiger charge is -2.46. The molecule has 2 heterocycles. The van der Waals surface area contributed by atoms with Gasteiger partial charge in [-0.2, -0.15) is 5.01 Å². The third kappa shape index (κ3) is 2.71. The Morgan fingerprint density at radius 2 is 1.38 bits per heavy atom. The Hall–Kier alpha value is -3.24. The minimum Gasteiger partial charge on any atom is -0.267 e. The van der Waals surface area contributed by atoms with E-state index in [1.54, 1.807) is 12.1 Å². The summed E-state index contributed by atoms with van der Waals surface area (Å²) in [6.45, 7) is 2.12. The maximum Gasteiger partial charge on any atom is 0.276 e. The normalized spacial score (nSPS) is 21.2. The minimum absolute atomic E-state index is 0.0531. The summed E-state index contributed by atoms with van der Waals surface area (Å²) in [4.78, 5) is 26.6. The number of hydrogen-bond donors (Lipinski definition) is 0. The molecule has 144 valence electrons. The molecule has 2 aliphatic heterocycles. The second kappa shape index (κ2) is 6.98. The maximum absolute atomic E-state index is 13.3. The van der Waals surface area contributed by atoms with Gasteiger partial charge in [0.1, 0.15) is 0 Å². The van der Waals surface area contributed by atoms with E-state index in [0.717, 1.165) is 24.0 Å². The summed E-state index contributed by atoms with van der Waals surface area (Å²) in [5, 5.41) is 3.43. The van der Waals surface area contributed by atoms with Crippen molar-refractivity contribution in [1.29, 1.82) is 0 Å². The van der Waals surface area contributed by atoms with Gasteiger partial charge < -0.3 is 0 Å². The SMILES string of the molecule is CCC1Cc2ccccc2C(c2ccccc2)N1N1C(=O)c2ccccc2C1=O. The molecule has 3 aromatic carbocycles. The number of carbonyl (C=O) groups excluding carboxylic acids is 2. The summed E-state index contributed by atoms with van der Waals surface area (Å²) in [5.74, 6) is -0.464. The summed E-state index contributed by atoms with van der Waals surface area (Å²) in [6.07, 6.45) is 1.65. The molecule has 2 unspecified atom stereocenters. The summed E-state index contributed by atoms with van der Waals surface area (Å²) in [6, 6.07) is 25.5. The fraction of sp³-hybridized carbons (Fsp3) is 0.200. The zero-order valence-corrected chi connectivity index (χ0v) is 16.3. The Bertz CT molecular complexity index is 1060. The van der Waals surface area contributed by atoms with Gasteiger partial charge in [0.25, 0.3) is 11.8 Å². The molecule has 0 saturated heterocycles. The Balaban J connectivity index is 1.69. The number of nitrogens with zero attached hydrogens (tertiary/aromatic N) is 2. The zero-order valence-electron chi connectivity index (χ0n) is 16.3. The molecule has 0 bridgehead atoms. The van der Waals surface area contributed by atoms with Gasteiger partial charge in [0.2, 0.25) is 0 Å². The molecule has 0 radical (unpaired) electrons. The van der Waals surface area contributed by atoms with E-state index in [-0.39, 0.29) is 23.9 Å². The van der Waals surface area contributed by atoms with Crippen LogP contribution in [0, 0.1) is 0 Å². The van der Waals surface area contributed by atoms with Gasteiger partial charge in [-0.05, 0) is 41.7 Å². The van der Waals surface area contributed by atoms with Crippen molar-refractivity contribution in [2.75, 3.05) is 0 Å². The van der Waals surface area contributed by atoms with Crippen molar-refractivity contribution >= 4 is 11.8 Å². The lowest BCUT2D eigenvalue weighted by atomic mass is 9.85. The third-order valence-corrected chi connectivity index (χ3v) is 6.03. The maximum atomic E-state index is 13.3. The molecule has 0 aromatic heterocycles. The highest BCUT2D eigenvalue weighted by Crippen LogP contribution is 2.41. The highest BCUT2D eigenvalue weighted by molar-refractivity contribution is 6.21. The van der Waals surface area contributed by atoms with Gasteiger partial charge in [-0.1, -0.05) is 73.7 Å². The van der Waals surface area contributed by atoms with Gasteiger partial charge in [0, 0.05) is 6.04 Å². The average Bonchev–Trinajstić information content (AvgIpc) is 3.03. The number of fused-ring (bicyclic) bond motifs is 2. The molecule has 4 nitrogen and oxygen atoms in total. The van der Waals surface area contributed by atoms with Crippen LogP contribution in [0.4, 0.5) is 0 Å². The van der Waals surface area contributed by atoms with Crippen LogP contribution < -0.4 is 0 Å². The molecule has 5 rings (SSSR count). The van der Waals surface area contributed by atoms with Gasteiger partial charge in [0.05, 0.1) is 17.2 Å². The molecular formula is C25H22N2O2. The van der Waals surface area contributed by atoms with Crippen molar-refractivity contribution in [3.63, 3.8) is 0 Å². The Kier molecular flexibility index (Phi) is 4.29. The second-order valence-corrected chi connectivity index (χ2v) is 7.63. The number of benzene rings is 3. The van der Waals surface area contributed by atoms with E-state index in [1.165, 1.54) is 10.6 Å². The topological polar surface area (TPSA) is 40.6 Å². The van der Waals surface area contributed by atoms with E-state index < -0.39 is 0 Å². The van der Waals surface area contributed by atoms with E-state index in [2.05, 4.69) is 37.3 Å². The molecule has 3 aromatic rings. The summed E-state index contributed by atoms with van der Waals surface area (Å²) in [7, 11) is 0. The van der Waals surface area contributed by atoms with Gasteiger partial charge in [-0.25, -0.2) is 5.01 Å². The van der Waals surface area contributed by atoms with Crippen molar-refractivity contribution in [1.82, 2.24) is 10.0 Å². The monoisotopic (exact) mass is 382 g/mol. The van der Waals surface area contributed by atoms with E-state index in [0.29, 0.717) is 11.1 Å². The molecular weight excluding hydrogens is 360 g/mol. The van der Waals surface area contributed by atoms with Gasteiger partial charge in [0.15, 0.2) is 0 Å². The largest absolute Gasteiger partial charge is 0.276 e. The van der Waals surface area contributed by atoms with Crippen molar-refractivity contribution in [3.8, 4) is 0 Å². The Labute approximate surface area is 170 Å². The van der Waals surface area contributed by atoms with Crippen molar-refractivity contribution in [3.05, 3.63) is 107 Å².